The van der Waals surface area contributed by atoms with E-state index in [1.165, 1.54) is 26.2 Å². The molecule has 0 aliphatic rings. The van der Waals surface area contributed by atoms with Crippen LogP contribution in [-0.4, -0.2) is 51.4 Å². The van der Waals surface area contributed by atoms with Crippen molar-refractivity contribution in [3.8, 4) is 0 Å². The van der Waals surface area contributed by atoms with Crippen LogP contribution in [0.4, 0.5) is 4.39 Å². The second-order valence-electron chi connectivity index (χ2n) is 5.33. The summed E-state index contributed by atoms with van der Waals surface area (Å²) in [7, 11) is -2.23. The zero-order valence-corrected chi connectivity index (χ0v) is 14.7. The number of halogens is 1. The van der Waals surface area contributed by atoms with Crippen LogP contribution in [0.2, 0.25) is 0 Å². The number of hydrogen-bond acceptors (Lipinski definition) is 5. The van der Waals surface area contributed by atoms with Gasteiger partial charge in [-0.15, -0.1) is 0 Å². The van der Waals surface area contributed by atoms with Crippen LogP contribution in [0.5, 0.6) is 0 Å². The van der Waals surface area contributed by atoms with E-state index >= 15 is 0 Å². The molecule has 0 aliphatic carbocycles. The van der Waals surface area contributed by atoms with Crippen molar-refractivity contribution < 1.29 is 32.2 Å². The molecule has 1 rings (SSSR count). The zero-order valence-electron chi connectivity index (χ0n) is 13.9. The van der Waals surface area contributed by atoms with Crippen LogP contribution in [0.25, 0.3) is 0 Å². The molecule has 10 heteroatoms. The highest BCUT2D eigenvalue weighted by Crippen LogP contribution is 2.17. The molecule has 0 fully saturated rings. The van der Waals surface area contributed by atoms with Crippen molar-refractivity contribution in [1.29, 1.82) is 0 Å². The van der Waals surface area contributed by atoms with Gasteiger partial charge in [0.05, 0.1) is 12.3 Å². The Morgan fingerprint density at radius 3 is 2.60 bits per heavy atom. The summed E-state index contributed by atoms with van der Waals surface area (Å²) in [5, 5.41) is 11.5. The van der Waals surface area contributed by atoms with Crippen molar-refractivity contribution in [3.63, 3.8) is 0 Å². The molecule has 1 atom stereocenters. The third-order valence-electron chi connectivity index (χ3n) is 3.28. The molecule has 0 spiro atoms. The highest BCUT2D eigenvalue weighted by molar-refractivity contribution is 7.89. The molecule has 0 aliphatic heterocycles. The average molecular weight is 376 g/mol. The van der Waals surface area contributed by atoms with E-state index in [0.717, 1.165) is 6.07 Å². The number of amides is 1. The Bertz CT molecular complexity index is 723. The van der Waals surface area contributed by atoms with Gasteiger partial charge in [-0.25, -0.2) is 22.3 Å². The highest BCUT2D eigenvalue weighted by Gasteiger charge is 2.23. The number of nitrogens with one attached hydrogen (secondary N) is 2. The normalized spacial score (nSPS) is 12.6. The van der Waals surface area contributed by atoms with Crippen LogP contribution in [0.3, 0.4) is 0 Å². The van der Waals surface area contributed by atoms with E-state index in [-0.39, 0.29) is 29.9 Å². The van der Waals surface area contributed by atoms with Crippen molar-refractivity contribution >= 4 is 21.9 Å². The van der Waals surface area contributed by atoms with Crippen molar-refractivity contribution in [1.82, 2.24) is 10.0 Å². The predicted molar refractivity (Wildman–Crippen MR) is 87.9 cm³/mol. The summed E-state index contributed by atoms with van der Waals surface area (Å²) in [4.78, 5) is 23.2. The third kappa shape index (κ3) is 7.16. The van der Waals surface area contributed by atoms with Crippen molar-refractivity contribution in [2.75, 3.05) is 26.0 Å². The standard InChI is InChI=1S/C15H21FN2O6S/c1-10-8-11(4-5-12(10)16)14(15(20)21)18-13(19)9-17-25(22,23)7-3-6-24-2/h4-5,8,14,17H,3,6-7,9H2,1-2H3,(H,18,19)(H,20,21). The van der Waals surface area contributed by atoms with Gasteiger partial charge in [0.15, 0.2) is 6.04 Å². The predicted octanol–water partition coefficient (Wildman–Crippen LogP) is 0.332. The minimum Gasteiger partial charge on any atom is -0.479 e. The number of hydrogen-bond donors (Lipinski definition) is 3. The molecule has 8 nitrogen and oxygen atoms in total. The molecular weight excluding hydrogens is 355 g/mol. The fourth-order valence-corrected chi connectivity index (χ4v) is 2.98. The van der Waals surface area contributed by atoms with E-state index in [1.807, 2.05) is 0 Å². The average Bonchev–Trinajstić information content (AvgIpc) is 2.53. The quantitative estimate of drug-likeness (QED) is 0.506. The first-order valence-electron chi connectivity index (χ1n) is 7.41. The number of carboxylic acids is 1. The number of rotatable bonds is 10. The number of aliphatic carboxylic acids is 1. The maximum atomic E-state index is 13.3. The molecule has 1 aromatic rings. The smallest absolute Gasteiger partial charge is 0.330 e. The maximum Gasteiger partial charge on any atom is 0.330 e. The topological polar surface area (TPSA) is 122 Å². The molecule has 1 aromatic carbocycles. The number of ether oxygens (including phenoxy) is 1. The lowest BCUT2D eigenvalue weighted by Crippen LogP contribution is -2.41. The number of aryl methyl sites for hydroxylation is 1. The fraction of sp³-hybridized carbons (Fsp3) is 0.467. The van der Waals surface area contributed by atoms with Crippen LogP contribution in [0, 0.1) is 12.7 Å². The number of carboxylic acid groups (broad SMARTS) is 1. The first kappa shape index (κ1) is 21.0. The molecule has 1 unspecified atom stereocenters. The maximum absolute atomic E-state index is 13.3. The Kier molecular flexibility index (Phi) is 7.94. The van der Waals surface area contributed by atoms with Gasteiger partial charge in [-0.2, -0.15) is 0 Å². The number of carbonyl (C=O) groups is 2. The summed E-state index contributed by atoms with van der Waals surface area (Å²) in [5.41, 5.74) is 0.416. The molecule has 0 bridgehead atoms. The van der Waals surface area contributed by atoms with Crippen molar-refractivity contribution in [3.05, 3.63) is 35.1 Å². The summed E-state index contributed by atoms with van der Waals surface area (Å²) in [6.45, 7) is 1.13. The zero-order chi connectivity index (χ0) is 19.0. The third-order valence-corrected chi connectivity index (χ3v) is 4.69. The van der Waals surface area contributed by atoms with Gasteiger partial charge < -0.3 is 15.2 Å². The van der Waals surface area contributed by atoms with Gasteiger partial charge in [-0.3, -0.25) is 4.79 Å². The molecule has 0 saturated heterocycles. The Labute approximate surface area is 145 Å². The molecule has 140 valence electrons. The number of carbonyl (C=O) groups excluding carboxylic acids is 1. The SMILES string of the molecule is COCCCS(=O)(=O)NCC(=O)NC(C(=O)O)c1ccc(F)c(C)c1. The van der Waals surface area contributed by atoms with Crippen LogP contribution >= 0.6 is 0 Å². The molecular formula is C15H21FN2O6S. The van der Waals surface area contributed by atoms with Gasteiger partial charge in [-0.05, 0) is 30.5 Å². The van der Waals surface area contributed by atoms with Gasteiger partial charge in [0.25, 0.3) is 0 Å². The molecule has 25 heavy (non-hydrogen) atoms. The Morgan fingerprint density at radius 2 is 2.04 bits per heavy atom. The van der Waals surface area contributed by atoms with E-state index in [4.69, 9.17) is 4.74 Å². The summed E-state index contributed by atoms with van der Waals surface area (Å²) in [6, 6.07) is 2.25. The molecule has 0 radical (unpaired) electrons. The lowest BCUT2D eigenvalue weighted by atomic mass is 10.0. The van der Waals surface area contributed by atoms with E-state index in [0.29, 0.717) is 0 Å². The van der Waals surface area contributed by atoms with Crippen LogP contribution < -0.4 is 10.0 Å². The fourth-order valence-electron chi connectivity index (χ4n) is 1.99. The number of sulfonamides is 1. The van der Waals surface area contributed by atoms with Gasteiger partial charge in [0.2, 0.25) is 15.9 Å². The Morgan fingerprint density at radius 1 is 1.36 bits per heavy atom. The molecule has 1 amide bonds. The van der Waals surface area contributed by atoms with Crippen LogP contribution in [0.1, 0.15) is 23.6 Å². The summed E-state index contributed by atoms with van der Waals surface area (Å²) >= 11 is 0. The summed E-state index contributed by atoms with van der Waals surface area (Å²) in [5.74, 6) is -2.87. The van der Waals surface area contributed by atoms with Crippen molar-refractivity contribution in [2.24, 2.45) is 0 Å². The van der Waals surface area contributed by atoms with E-state index < -0.39 is 40.3 Å². The van der Waals surface area contributed by atoms with E-state index in [1.54, 1.807) is 0 Å². The summed E-state index contributed by atoms with van der Waals surface area (Å²) < 4.78 is 43.5. The lowest BCUT2D eigenvalue weighted by Gasteiger charge is -2.16. The first-order chi connectivity index (χ1) is 11.7. The molecule has 3 N–H and O–H groups in total. The highest BCUT2D eigenvalue weighted by atomic mass is 32.2. The van der Waals surface area contributed by atoms with Crippen LogP contribution in [-0.2, 0) is 24.3 Å². The lowest BCUT2D eigenvalue weighted by molar-refractivity contribution is -0.141. The summed E-state index contributed by atoms with van der Waals surface area (Å²) in [6.07, 6.45) is 0.264. The van der Waals surface area contributed by atoms with Gasteiger partial charge >= 0.3 is 5.97 Å². The first-order valence-corrected chi connectivity index (χ1v) is 9.06. The van der Waals surface area contributed by atoms with Crippen LogP contribution in [0.15, 0.2) is 18.2 Å². The van der Waals surface area contributed by atoms with E-state index in [2.05, 4.69) is 10.0 Å². The largest absolute Gasteiger partial charge is 0.479 e. The number of methoxy groups -OCH3 is 1. The van der Waals surface area contributed by atoms with Gasteiger partial charge in [-0.1, -0.05) is 12.1 Å². The minimum atomic E-state index is -3.67. The Hall–Kier alpha value is -2.04. The van der Waals surface area contributed by atoms with E-state index in [9.17, 15) is 27.5 Å². The number of benzene rings is 1. The second kappa shape index (κ2) is 9.44. The second-order valence-corrected chi connectivity index (χ2v) is 7.26. The minimum absolute atomic E-state index is 0.183. The Balaban J connectivity index is 2.68. The molecule has 0 heterocycles. The monoisotopic (exact) mass is 376 g/mol. The van der Waals surface area contributed by atoms with Gasteiger partial charge in [0, 0.05) is 13.7 Å². The van der Waals surface area contributed by atoms with Gasteiger partial charge in [0.1, 0.15) is 5.82 Å². The molecule has 0 saturated carbocycles. The molecule has 0 aromatic heterocycles. The van der Waals surface area contributed by atoms with Crippen molar-refractivity contribution in [2.45, 2.75) is 19.4 Å².